The van der Waals surface area contributed by atoms with Gasteiger partial charge in [-0.25, -0.2) is 8.42 Å². The number of aromatic nitrogens is 1. The van der Waals surface area contributed by atoms with Gasteiger partial charge in [-0.1, -0.05) is 23.5 Å². The molecule has 0 fully saturated rings. The van der Waals surface area contributed by atoms with Crippen LogP contribution in [-0.4, -0.2) is 32.3 Å². The molecule has 1 N–H and O–H groups in total. The molecule has 9 heteroatoms. The van der Waals surface area contributed by atoms with Crippen molar-refractivity contribution in [3.05, 3.63) is 74.3 Å². The maximum absolute atomic E-state index is 12.6. The van der Waals surface area contributed by atoms with Gasteiger partial charge in [0.1, 0.15) is 10.6 Å². The molecule has 0 aliphatic heterocycles. The standard InChI is InChI=1S/C20H20N2O5S2/c1-13-18(19(23)21-15-6-8-16(27-2)9-7-15)28-20(24)22(13)12-14-4-10-17(11-5-14)29(3,25)26/h4-11H,12H2,1-3H3,(H,21,23). The number of nitrogens with one attached hydrogen (secondary N) is 1. The highest BCUT2D eigenvalue weighted by Crippen LogP contribution is 2.19. The van der Waals surface area contributed by atoms with Crippen molar-refractivity contribution >= 4 is 32.8 Å². The number of hydrogen-bond acceptors (Lipinski definition) is 6. The van der Waals surface area contributed by atoms with Gasteiger partial charge < -0.3 is 10.1 Å². The van der Waals surface area contributed by atoms with E-state index >= 15 is 0 Å². The van der Waals surface area contributed by atoms with Gasteiger partial charge in [-0.15, -0.1) is 0 Å². The number of rotatable bonds is 6. The first-order valence-corrected chi connectivity index (χ1v) is 11.3. The lowest BCUT2D eigenvalue weighted by atomic mass is 10.2. The number of hydrogen-bond donors (Lipinski definition) is 1. The Labute approximate surface area is 172 Å². The van der Waals surface area contributed by atoms with E-state index < -0.39 is 9.84 Å². The number of carbonyl (C=O) groups is 1. The van der Waals surface area contributed by atoms with E-state index in [1.807, 2.05) is 0 Å². The Morgan fingerprint density at radius 3 is 2.28 bits per heavy atom. The van der Waals surface area contributed by atoms with Gasteiger partial charge in [0.2, 0.25) is 0 Å². The molecule has 2 aromatic carbocycles. The van der Waals surface area contributed by atoms with E-state index in [0.717, 1.165) is 23.2 Å². The molecule has 152 valence electrons. The van der Waals surface area contributed by atoms with Crippen LogP contribution in [0.15, 0.2) is 58.2 Å². The van der Waals surface area contributed by atoms with E-state index in [-0.39, 0.29) is 22.2 Å². The number of methoxy groups -OCH3 is 1. The maximum atomic E-state index is 12.6. The molecule has 0 aliphatic carbocycles. The minimum absolute atomic E-state index is 0.218. The highest BCUT2D eigenvalue weighted by atomic mass is 32.2. The van der Waals surface area contributed by atoms with Crippen molar-refractivity contribution in [2.75, 3.05) is 18.7 Å². The van der Waals surface area contributed by atoms with Crippen molar-refractivity contribution in [2.24, 2.45) is 0 Å². The lowest BCUT2D eigenvalue weighted by Gasteiger charge is -2.08. The first-order valence-electron chi connectivity index (χ1n) is 8.63. The number of benzene rings is 2. The molecule has 0 spiro atoms. The zero-order chi connectivity index (χ0) is 21.2. The van der Waals surface area contributed by atoms with Crippen molar-refractivity contribution in [3.8, 4) is 5.75 Å². The Kier molecular flexibility index (Phi) is 5.90. The maximum Gasteiger partial charge on any atom is 0.308 e. The quantitative estimate of drug-likeness (QED) is 0.646. The van der Waals surface area contributed by atoms with Crippen LogP contribution in [0.3, 0.4) is 0 Å². The molecule has 0 saturated carbocycles. The molecule has 0 aliphatic rings. The van der Waals surface area contributed by atoms with Gasteiger partial charge >= 0.3 is 4.87 Å². The number of amides is 1. The molecule has 29 heavy (non-hydrogen) atoms. The molecule has 1 aromatic heterocycles. The second-order valence-corrected chi connectivity index (χ2v) is 9.44. The summed E-state index contributed by atoms with van der Waals surface area (Å²) in [5.41, 5.74) is 1.92. The molecule has 0 saturated heterocycles. The molecule has 0 atom stereocenters. The summed E-state index contributed by atoms with van der Waals surface area (Å²) in [5.74, 6) is 0.317. The molecule has 0 radical (unpaired) electrons. The number of sulfone groups is 1. The van der Waals surface area contributed by atoms with Crippen molar-refractivity contribution in [1.82, 2.24) is 4.57 Å². The Hall–Kier alpha value is -2.91. The van der Waals surface area contributed by atoms with E-state index in [1.54, 1.807) is 50.4 Å². The SMILES string of the molecule is COc1ccc(NC(=O)c2sc(=O)n(Cc3ccc(S(C)(=O)=O)cc3)c2C)cc1. The Morgan fingerprint density at radius 1 is 1.10 bits per heavy atom. The summed E-state index contributed by atoms with van der Waals surface area (Å²) in [4.78, 5) is 25.3. The number of nitrogens with zero attached hydrogens (tertiary/aromatic N) is 1. The van der Waals surface area contributed by atoms with Gasteiger partial charge in [0, 0.05) is 17.6 Å². The largest absolute Gasteiger partial charge is 0.497 e. The van der Waals surface area contributed by atoms with Gasteiger partial charge in [0.05, 0.1) is 18.6 Å². The predicted octanol–water partition coefficient (Wildman–Crippen LogP) is 2.93. The molecule has 1 heterocycles. The summed E-state index contributed by atoms with van der Waals surface area (Å²) in [5, 5.41) is 2.78. The molecule has 0 unspecified atom stereocenters. The van der Waals surface area contributed by atoms with Gasteiger partial charge in [-0.05, 0) is 48.9 Å². The van der Waals surface area contributed by atoms with E-state index in [0.29, 0.717) is 22.0 Å². The fourth-order valence-electron chi connectivity index (χ4n) is 2.76. The van der Waals surface area contributed by atoms with Crippen molar-refractivity contribution in [3.63, 3.8) is 0 Å². The number of anilines is 1. The predicted molar refractivity (Wildman–Crippen MR) is 113 cm³/mol. The van der Waals surface area contributed by atoms with Gasteiger partial charge in [0.25, 0.3) is 5.91 Å². The highest BCUT2D eigenvalue weighted by Gasteiger charge is 2.18. The van der Waals surface area contributed by atoms with Crippen LogP contribution in [0.5, 0.6) is 5.75 Å². The van der Waals surface area contributed by atoms with E-state index in [9.17, 15) is 18.0 Å². The lowest BCUT2D eigenvalue weighted by Crippen LogP contribution is -2.16. The smallest absolute Gasteiger partial charge is 0.308 e. The summed E-state index contributed by atoms with van der Waals surface area (Å²) in [7, 11) is -1.72. The van der Waals surface area contributed by atoms with Crippen LogP contribution in [-0.2, 0) is 16.4 Å². The second-order valence-electron chi connectivity index (χ2n) is 6.47. The monoisotopic (exact) mass is 432 g/mol. The average Bonchev–Trinajstić information content (AvgIpc) is 2.96. The molecule has 3 aromatic rings. The second kappa shape index (κ2) is 8.22. The van der Waals surface area contributed by atoms with Crippen molar-refractivity contribution in [1.29, 1.82) is 0 Å². The third-order valence-electron chi connectivity index (χ3n) is 4.39. The van der Waals surface area contributed by atoms with Crippen LogP contribution in [0.4, 0.5) is 5.69 Å². The lowest BCUT2D eigenvalue weighted by molar-refractivity contribution is 0.102. The fraction of sp³-hybridized carbons (Fsp3) is 0.200. The fourth-order valence-corrected chi connectivity index (χ4v) is 4.27. The Morgan fingerprint density at radius 2 is 1.72 bits per heavy atom. The molecule has 7 nitrogen and oxygen atoms in total. The van der Waals surface area contributed by atoms with Crippen molar-refractivity contribution < 1.29 is 17.9 Å². The summed E-state index contributed by atoms with van der Waals surface area (Å²) >= 11 is 0.877. The van der Waals surface area contributed by atoms with Crippen LogP contribution in [0, 0.1) is 6.92 Å². The topological polar surface area (TPSA) is 94.5 Å². The first-order chi connectivity index (χ1) is 13.7. The Bertz CT molecular complexity index is 1190. The summed E-state index contributed by atoms with van der Waals surface area (Å²) < 4.78 is 29.7. The molecular weight excluding hydrogens is 412 g/mol. The number of thiazole rings is 1. The van der Waals surface area contributed by atoms with Gasteiger partial charge in [-0.2, -0.15) is 0 Å². The van der Waals surface area contributed by atoms with Crippen molar-refractivity contribution in [2.45, 2.75) is 18.4 Å². The first kappa shape index (κ1) is 20.8. The third-order valence-corrected chi connectivity index (χ3v) is 6.60. The number of ether oxygens (including phenoxy) is 1. The molecule has 0 bridgehead atoms. The van der Waals surface area contributed by atoms with Crippen LogP contribution < -0.4 is 14.9 Å². The van der Waals surface area contributed by atoms with E-state index in [1.165, 1.54) is 16.7 Å². The highest BCUT2D eigenvalue weighted by molar-refractivity contribution is 7.90. The molecule has 1 amide bonds. The summed E-state index contributed by atoms with van der Waals surface area (Å²) in [6, 6.07) is 13.2. The van der Waals surface area contributed by atoms with Crippen LogP contribution >= 0.6 is 11.3 Å². The van der Waals surface area contributed by atoms with Gasteiger partial charge in [0.15, 0.2) is 9.84 Å². The van der Waals surface area contributed by atoms with E-state index in [4.69, 9.17) is 4.74 Å². The average molecular weight is 433 g/mol. The minimum Gasteiger partial charge on any atom is -0.497 e. The number of carbonyl (C=O) groups excluding carboxylic acids is 1. The molecule has 3 rings (SSSR count). The van der Waals surface area contributed by atoms with E-state index in [2.05, 4.69) is 5.32 Å². The third kappa shape index (κ3) is 4.75. The van der Waals surface area contributed by atoms with Gasteiger partial charge in [-0.3, -0.25) is 14.2 Å². The minimum atomic E-state index is -3.28. The van der Waals surface area contributed by atoms with Crippen LogP contribution in [0.2, 0.25) is 0 Å². The summed E-state index contributed by atoms with van der Waals surface area (Å²) in [6.45, 7) is 1.97. The zero-order valence-corrected chi connectivity index (χ0v) is 17.8. The normalized spacial score (nSPS) is 11.3. The Balaban J connectivity index is 1.80. The summed E-state index contributed by atoms with van der Waals surface area (Å²) in [6.07, 6.45) is 1.14. The van der Waals surface area contributed by atoms with Crippen LogP contribution in [0.25, 0.3) is 0 Å². The molecular formula is C20H20N2O5S2. The zero-order valence-electron chi connectivity index (χ0n) is 16.1. The van der Waals surface area contributed by atoms with Crippen LogP contribution in [0.1, 0.15) is 20.9 Å².